The van der Waals surface area contributed by atoms with E-state index in [1.165, 1.54) is 0 Å². The van der Waals surface area contributed by atoms with Crippen LogP contribution in [0.2, 0.25) is 5.02 Å². The van der Waals surface area contributed by atoms with Crippen LogP contribution in [-0.2, 0) is 12.8 Å². The number of aromatic carboxylic acids is 1. The van der Waals surface area contributed by atoms with E-state index >= 15 is 0 Å². The molecule has 5 heteroatoms. The first-order valence-corrected chi connectivity index (χ1v) is 5.44. The van der Waals surface area contributed by atoms with Crippen LogP contribution in [-0.4, -0.2) is 16.1 Å². The molecule has 0 fully saturated rings. The fourth-order valence-electron chi connectivity index (χ4n) is 1.53. The molecule has 88 valence electrons. The summed E-state index contributed by atoms with van der Waals surface area (Å²) >= 11 is 5.77. The van der Waals surface area contributed by atoms with Crippen LogP contribution in [0.4, 0.5) is 0 Å². The van der Waals surface area contributed by atoms with Crippen molar-refractivity contribution in [2.45, 2.75) is 12.8 Å². The summed E-state index contributed by atoms with van der Waals surface area (Å²) in [4.78, 5) is 14.5. The summed E-state index contributed by atoms with van der Waals surface area (Å²) in [5, 5.41) is 9.53. The summed E-state index contributed by atoms with van der Waals surface area (Å²) in [7, 11) is 0. The lowest BCUT2D eigenvalue weighted by molar-refractivity contribution is 0.0689. The van der Waals surface area contributed by atoms with Crippen molar-refractivity contribution >= 4 is 17.6 Å². The molecule has 0 saturated heterocycles. The average molecular weight is 252 g/mol. The van der Waals surface area contributed by atoms with Crippen LogP contribution in [0.1, 0.15) is 21.8 Å². The molecular weight excluding hydrogens is 242 g/mol. The van der Waals surface area contributed by atoms with Crippen molar-refractivity contribution in [3.63, 3.8) is 0 Å². The fraction of sp³-hybridized carbons (Fsp3) is 0.167. The molecule has 1 aromatic heterocycles. The number of halogens is 1. The molecule has 0 aliphatic carbocycles. The maximum absolute atomic E-state index is 10.8. The summed E-state index contributed by atoms with van der Waals surface area (Å²) in [5.74, 6) is -0.669. The van der Waals surface area contributed by atoms with Gasteiger partial charge in [-0.25, -0.2) is 9.78 Å². The SMILES string of the molecule is O=C(O)c1ncoc1CCc1ccc(Cl)cc1. The van der Waals surface area contributed by atoms with Gasteiger partial charge in [0.1, 0.15) is 5.76 Å². The Bertz CT molecular complexity index is 519. The average Bonchev–Trinajstić information content (AvgIpc) is 2.76. The maximum Gasteiger partial charge on any atom is 0.358 e. The van der Waals surface area contributed by atoms with Crippen LogP contribution in [0.5, 0.6) is 0 Å². The van der Waals surface area contributed by atoms with Crippen LogP contribution in [0.3, 0.4) is 0 Å². The van der Waals surface area contributed by atoms with Gasteiger partial charge in [0.25, 0.3) is 0 Å². The van der Waals surface area contributed by atoms with E-state index in [1.807, 2.05) is 12.1 Å². The van der Waals surface area contributed by atoms with Gasteiger partial charge in [0.2, 0.25) is 0 Å². The molecule has 0 atom stereocenters. The van der Waals surface area contributed by atoms with Crippen molar-refractivity contribution in [2.75, 3.05) is 0 Å². The van der Waals surface area contributed by atoms with Gasteiger partial charge in [0.05, 0.1) is 0 Å². The van der Waals surface area contributed by atoms with Crippen molar-refractivity contribution in [1.82, 2.24) is 4.98 Å². The van der Waals surface area contributed by atoms with Crippen molar-refractivity contribution in [2.24, 2.45) is 0 Å². The van der Waals surface area contributed by atoms with Crippen LogP contribution >= 0.6 is 11.6 Å². The zero-order valence-corrected chi connectivity index (χ0v) is 9.65. The Morgan fingerprint density at radius 2 is 2.00 bits per heavy atom. The molecule has 1 N–H and O–H groups in total. The summed E-state index contributed by atoms with van der Waals surface area (Å²) in [6, 6.07) is 7.41. The number of carboxylic acids is 1. The van der Waals surface area contributed by atoms with Gasteiger partial charge in [0, 0.05) is 11.4 Å². The number of aromatic nitrogens is 1. The predicted molar refractivity (Wildman–Crippen MR) is 62.3 cm³/mol. The van der Waals surface area contributed by atoms with Gasteiger partial charge in [-0.15, -0.1) is 0 Å². The minimum absolute atomic E-state index is 0.0148. The Labute approximate surface area is 103 Å². The summed E-state index contributed by atoms with van der Waals surface area (Å²) < 4.78 is 5.05. The predicted octanol–water partition coefficient (Wildman–Crippen LogP) is 2.81. The number of oxazole rings is 1. The van der Waals surface area contributed by atoms with Crippen LogP contribution in [0.25, 0.3) is 0 Å². The minimum Gasteiger partial charge on any atom is -0.476 e. The molecule has 4 nitrogen and oxygen atoms in total. The zero-order valence-electron chi connectivity index (χ0n) is 8.89. The standard InChI is InChI=1S/C12H10ClNO3/c13-9-4-1-8(2-5-9)3-6-10-11(12(15)16)14-7-17-10/h1-2,4-5,7H,3,6H2,(H,15,16). The second-order valence-corrected chi connectivity index (χ2v) is 3.99. The summed E-state index contributed by atoms with van der Waals surface area (Å²) in [6.07, 6.45) is 2.34. The molecule has 0 bridgehead atoms. The maximum atomic E-state index is 10.8. The van der Waals surface area contributed by atoms with Gasteiger partial charge in [-0.3, -0.25) is 0 Å². The first-order chi connectivity index (χ1) is 8.16. The number of aryl methyl sites for hydroxylation is 2. The molecule has 0 unspecified atom stereocenters. The Kier molecular flexibility index (Phi) is 3.44. The third-order valence-corrected chi connectivity index (χ3v) is 2.65. The smallest absolute Gasteiger partial charge is 0.358 e. The molecule has 1 heterocycles. The van der Waals surface area contributed by atoms with Crippen LogP contribution in [0.15, 0.2) is 35.1 Å². The lowest BCUT2D eigenvalue weighted by atomic mass is 10.1. The van der Waals surface area contributed by atoms with E-state index < -0.39 is 5.97 Å². The molecule has 2 aromatic rings. The number of hydrogen-bond donors (Lipinski definition) is 1. The first-order valence-electron chi connectivity index (χ1n) is 5.07. The molecule has 0 aliphatic rings. The Morgan fingerprint density at radius 1 is 1.29 bits per heavy atom. The largest absolute Gasteiger partial charge is 0.476 e. The first kappa shape index (κ1) is 11.7. The quantitative estimate of drug-likeness (QED) is 0.908. The molecular formula is C12H10ClNO3. The van der Waals surface area contributed by atoms with Gasteiger partial charge < -0.3 is 9.52 Å². The molecule has 1 aromatic carbocycles. The van der Waals surface area contributed by atoms with Gasteiger partial charge in [-0.1, -0.05) is 23.7 Å². The van der Waals surface area contributed by atoms with Crippen molar-refractivity contribution in [3.8, 4) is 0 Å². The van der Waals surface area contributed by atoms with E-state index in [2.05, 4.69) is 4.98 Å². The lowest BCUT2D eigenvalue weighted by Gasteiger charge is -2.00. The lowest BCUT2D eigenvalue weighted by Crippen LogP contribution is -2.02. The van der Waals surface area contributed by atoms with Crippen LogP contribution < -0.4 is 0 Å². The monoisotopic (exact) mass is 251 g/mol. The number of hydrogen-bond acceptors (Lipinski definition) is 3. The van der Waals surface area contributed by atoms with Gasteiger partial charge in [-0.2, -0.15) is 0 Å². The van der Waals surface area contributed by atoms with Gasteiger partial charge in [0.15, 0.2) is 12.1 Å². The van der Waals surface area contributed by atoms with E-state index in [1.54, 1.807) is 12.1 Å². The molecule has 0 amide bonds. The highest BCUT2D eigenvalue weighted by Crippen LogP contribution is 2.14. The van der Waals surface area contributed by atoms with Gasteiger partial charge in [-0.05, 0) is 24.1 Å². The fourth-order valence-corrected chi connectivity index (χ4v) is 1.66. The van der Waals surface area contributed by atoms with E-state index in [9.17, 15) is 4.79 Å². The van der Waals surface area contributed by atoms with Crippen molar-refractivity contribution in [3.05, 3.63) is 52.7 Å². The number of carboxylic acid groups (broad SMARTS) is 1. The van der Waals surface area contributed by atoms with E-state index in [0.29, 0.717) is 23.6 Å². The van der Waals surface area contributed by atoms with Crippen molar-refractivity contribution < 1.29 is 14.3 Å². The number of benzene rings is 1. The molecule has 17 heavy (non-hydrogen) atoms. The number of rotatable bonds is 4. The van der Waals surface area contributed by atoms with E-state index in [0.717, 1.165) is 12.0 Å². The van der Waals surface area contributed by atoms with Gasteiger partial charge >= 0.3 is 5.97 Å². The highest BCUT2D eigenvalue weighted by Gasteiger charge is 2.14. The second-order valence-electron chi connectivity index (χ2n) is 3.56. The third-order valence-electron chi connectivity index (χ3n) is 2.40. The second kappa shape index (κ2) is 5.01. The van der Waals surface area contributed by atoms with E-state index in [-0.39, 0.29) is 5.69 Å². The zero-order chi connectivity index (χ0) is 12.3. The highest BCUT2D eigenvalue weighted by molar-refractivity contribution is 6.30. The Morgan fingerprint density at radius 3 is 2.65 bits per heavy atom. The molecule has 0 saturated carbocycles. The Hall–Kier alpha value is -1.81. The minimum atomic E-state index is -1.06. The van der Waals surface area contributed by atoms with E-state index in [4.69, 9.17) is 21.1 Å². The molecule has 0 aliphatic heterocycles. The molecule has 0 radical (unpaired) electrons. The van der Waals surface area contributed by atoms with Crippen molar-refractivity contribution in [1.29, 1.82) is 0 Å². The highest BCUT2D eigenvalue weighted by atomic mass is 35.5. The third kappa shape index (κ3) is 2.85. The normalized spacial score (nSPS) is 10.4. The van der Waals surface area contributed by atoms with Crippen LogP contribution in [0, 0.1) is 0 Å². The Balaban J connectivity index is 2.05. The number of carbonyl (C=O) groups is 1. The summed E-state index contributed by atoms with van der Waals surface area (Å²) in [5.41, 5.74) is 1.06. The number of nitrogens with zero attached hydrogens (tertiary/aromatic N) is 1. The summed E-state index contributed by atoms with van der Waals surface area (Å²) in [6.45, 7) is 0. The molecule has 2 rings (SSSR count). The molecule has 0 spiro atoms. The topological polar surface area (TPSA) is 63.3 Å².